The van der Waals surface area contributed by atoms with Crippen molar-refractivity contribution in [2.75, 3.05) is 13.2 Å². The number of benzene rings is 1. The van der Waals surface area contributed by atoms with E-state index in [2.05, 4.69) is 24.3 Å². The SMILES string of the molecule is O=C(O)c1ccc(CCC[C@H]2CCC(CO)=C2c2ccc(CCCCCCO)cc2)s1. The van der Waals surface area contributed by atoms with E-state index in [4.69, 9.17) is 10.2 Å². The van der Waals surface area contributed by atoms with E-state index in [0.29, 0.717) is 10.8 Å². The van der Waals surface area contributed by atoms with E-state index in [1.807, 2.05) is 6.07 Å². The van der Waals surface area contributed by atoms with Gasteiger partial charge < -0.3 is 15.3 Å². The number of rotatable bonds is 13. The van der Waals surface area contributed by atoms with Crippen LogP contribution in [-0.4, -0.2) is 34.5 Å². The van der Waals surface area contributed by atoms with Gasteiger partial charge >= 0.3 is 5.97 Å². The molecule has 5 heteroatoms. The minimum absolute atomic E-state index is 0.130. The van der Waals surface area contributed by atoms with Crippen molar-refractivity contribution in [2.24, 2.45) is 5.92 Å². The standard InChI is InChI=1S/C26H34O4S/c27-17-4-2-1-3-6-19-9-11-21(12-10-19)25-20(13-14-22(25)18-28)7-5-8-23-15-16-24(31-23)26(29)30/h9-12,15-16,20,27-28H,1-8,13-14,17-18H2,(H,29,30)/t20-/m0/s1. The van der Waals surface area contributed by atoms with E-state index < -0.39 is 5.97 Å². The van der Waals surface area contributed by atoms with Crippen molar-refractivity contribution < 1.29 is 20.1 Å². The second-order valence-corrected chi connectivity index (χ2v) is 9.63. The molecule has 1 aliphatic carbocycles. The van der Waals surface area contributed by atoms with Gasteiger partial charge in [0.05, 0.1) is 6.61 Å². The summed E-state index contributed by atoms with van der Waals surface area (Å²) in [5.41, 5.74) is 5.08. The van der Waals surface area contributed by atoms with Crippen LogP contribution in [0.5, 0.6) is 0 Å². The Bertz CT molecular complexity index is 866. The number of carboxylic acids is 1. The van der Waals surface area contributed by atoms with E-state index in [1.54, 1.807) is 6.07 Å². The molecule has 0 saturated heterocycles. The number of allylic oxidation sites excluding steroid dienone is 1. The number of aliphatic hydroxyl groups excluding tert-OH is 2. The third kappa shape index (κ3) is 6.76. The van der Waals surface area contributed by atoms with Gasteiger partial charge in [0.1, 0.15) is 4.88 Å². The van der Waals surface area contributed by atoms with Gasteiger partial charge in [-0.1, -0.05) is 37.1 Å². The minimum Gasteiger partial charge on any atom is -0.477 e. The molecule has 0 aliphatic heterocycles. The lowest BCUT2D eigenvalue weighted by molar-refractivity contribution is 0.0702. The first-order valence-corrected chi connectivity index (χ1v) is 12.3. The van der Waals surface area contributed by atoms with Crippen LogP contribution in [0, 0.1) is 5.92 Å². The summed E-state index contributed by atoms with van der Waals surface area (Å²) in [4.78, 5) is 12.6. The number of thiophene rings is 1. The van der Waals surface area contributed by atoms with Gasteiger partial charge in [-0.25, -0.2) is 4.79 Å². The molecule has 0 radical (unpaired) electrons. The maximum Gasteiger partial charge on any atom is 0.345 e. The number of hydrogen-bond acceptors (Lipinski definition) is 4. The van der Waals surface area contributed by atoms with E-state index in [1.165, 1.54) is 33.6 Å². The van der Waals surface area contributed by atoms with Gasteiger partial charge in [-0.2, -0.15) is 0 Å². The molecule has 0 amide bonds. The summed E-state index contributed by atoms with van der Waals surface area (Å²) in [5, 5.41) is 27.8. The first-order chi connectivity index (χ1) is 15.1. The Hall–Kier alpha value is -1.95. The highest BCUT2D eigenvalue weighted by molar-refractivity contribution is 7.13. The quantitative estimate of drug-likeness (QED) is 0.347. The highest BCUT2D eigenvalue weighted by atomic mass is 32.1. The Morgan fingerprint density at radius 1 is 0.935 bits per heavy atom. The number of hydrogen-bond donors (Lipinski definition) is 3. The molecule has 3 N–H and O–H groups in total. The molecule has 0 spiro atoms. The van der Waals surface area contributed by atoms with Crippen LogP contribution in [0.3, 0.4) is 0 Å². The average Bonchev–Trinajstić information content (AvgIpc) is 3.41. The Balaban J connectivity index is 1.56. The normalized spacial score (nSPS) is 16.3. The molecule has 0 fully saturated rings. The Labute approximate surface area is 189 Å². The summed E-state index contributed by atoms with van der Waals surface area (Å²) in [6.07, 6.45) is 10.4. The molecule has 1 heterocycles. The zero-order valence-corrected chi connectivity index (χ0v) is 19.0. The summed E-state index contributed by atoms with van der Waals surface area (Å²) in [5.74, 6) is -0.385. The average molecular weight is 443 g/mol. The monoisotopic (exact) mass is 442 g/mol. The van der Waals surface area contributed by atoms with Gasteiger partial charge in [0, 0.05) is 11.5 Å². The molecule has 1 atom stereocenters. The number of unbranched alkanes of at least 4 members (excludes halogenated alkanes) is 3. The number of aliphatic hydroxyl groups is 2. The Morgan fingerprint density at radius 2 is 1.71 bits per heavy atom. The van der Waals surface area contributed by atoms with Crippen molar-refractivity contribution in [2.45, 2.75) is 64.2 Å². The summed E-state index contributed by atoms with van der Waals surface area (Å²) < 4.78 is 0. The molecule has 31 heavy (non-hydrogen) atoms. The summed E-state index contributed by atoms with van der Waals surface area (Å²) in [7, 11) is 0. The van der Waals surface area contributed by atoms with Crippen molar-refractivity contribution in [1.29, 1.82) is 0 Å². The third-order valence-electron chi connectivity index (χ3n) is 6.26. The van der Waals surface area contributed by atoms with Crippen molar-refractivity contribution in [3.63, 3.8) is 0 Å². The molecule has 0 unspecified atom stereocenters. The summed E-state index contributed by atoms with van der Waals surface area (Å²) in [6.45, 7) is 0.417. The topological polar surface area (TPSA) is 77.8 Å². The van der Waals surface area contributed by atoms with Crippen LogP contribution >= 0.6 is 11.3 Å². The first kappa shape index (κ1) is 23.7. The Kier molecular flexibility index (Phi) is 9.31. The van der Waals surface area contributed by atoms with E-state index in [9.17, 15) is 9.90 Å². The fourth-order valence-corrected chi connectivity index (χ4v) is 5.49. The van der Waals surface area contributed by atoms with Crippen molar-refractivity contribution in [3.8, 4) is 0 Å². The van der Waals surface area contributed by atoms with Crippen LogP contribution in [0.2, 0.25) is 0 Å². The molecule has 1 aromatic carbocycles. The lowest BCUT2D eigenvalue weighted by Gasteiger charge is -2.17. The van der Waals surface area contributed by atoms with Crippen molar-refractivity contribution in [1.82, 2.24) is 0 Å². The zero-order chi connectivity index (χ0) is 22.1. The highest BCUT2D eigenvalue weighted by Gasteiger charge is 2.26. The van der Waals surface area contributed by atoms with Crippen LogP contribution in [-0.2, 0) is 12.8 Å². The fraction of sp³-hybridized carbons (Fsp3) is 0.500. The third-order valence-corrected chi connectivity index (χ3v) is 7.39. The van der Waals surface area contributed by atoms with Crippen molar-refractivity contribution >= 4 is 22.9 Å². The van der Waals surface area contributed by atoms with Crippen LogP contribution in [0.4, 0.5) is 0 Å². The van der Waals surface area contributed by atoms with Gasteiger partial charge in [0.25, 0.3) is 0 Å². The fourth-order valence-electron chi connectivity index (χ4n) is 4.60. The lowest BCUT2D eigenvalue weighted by Crippen LogP contribution is -2.02. The minimum atomic E-state index is -0.849. The first-order valence-electron chi connectivity index (χ1n) is 11.5. The number of aromatic carboxylic acids is 1. The maximum atomic E-state index is 11.1. The molecule has 1 aromatic heterocycles. The van der Waals surface area contributed by atoms with Crippen LogP contribution in [0.25, 0.3) is 5.57 Å². The summed E-state index contributed by atoms with van der Waals surface area (Å²) in [6, 6.07) is 12.5. The van der Waals surface area contributed by atoms with E-state index in [0.717, 1.165) is 69.1 Å². The van der Waals surface area contributed by atoms with Gasteiger partial charge in [-0.05, 0) is 91.7 Å². The van der Waals surface area contributed by atoms with Crippen LogP contribution < -0.4 is 0 Å². The predicted octanol–water partition coefficient (Wildman–Crippen LogP) is 5.72. The molecule has 0 bridgehead atoms. The molecule has 168 valence electrons. The molecular formula is C26H34O4S. The molecule has 2 aromatic rings. The van der Waals surface area contributed by atoms with Gasteiger partial charge in [-0.3, -0.25) is 0 Å². The van der Waals surface area contributed by atoms with Gasteiger partial charge in [-0.15, -0.1) is 11.3 Å². The smallest absolute Gasteiger partial charge is 0.345 e. The second kappa shape index (κ2) is 12.2. The van der Waals surface area contributed by atoms with Gasteiger partial charge in [0.15, 0.2) is 0 Å². The number of carbonyl (C=O) groups is 1. The highest BCUT2D eigenvalue weighted by Crippen LogP contribution is 2.41. The number of aryl methyl sites for hydroxylation is 2. The van der Waals surface area contributed by atoms with Crippen molar-refractivity contribution in [3.05, 3.63) is 62.9 Å². The van der Waals surface area contributed by atoms with E-state index >= 15 is 0 Å². The molecule has 1 aliphatic rings. The van der Waals surface area contributed by atoms with Crippen LogP contribution in [0.1, 0.15) is 77.0 Å². The largest absolute Gasteiger partial charge is 0.477 e. The second-order valence-electron chi connectivity index (χ2n) is 8.46. The lowest BCUT2D eigenvalue weighted by atomic mass is 9.89. The predicted molar refractivity (Wildman–Crippen MR) is 127 cm³/mol. The van der Waals surface area contributed by atoms with E-state index in [-0.39, 0.29) is 13.2 Å². The summed E-state index contributed by atoms with van der Waals surface area (Å²) >= 11 is 1.37. The molecular weight excluding hydrogens is 408 g/mol. The molecule has 3 rings (SSSR count). The molecule has 0 saturated carbocycles. The van der Waals surface area contributed by atoms with Crippen LogP contribution in [0.15, 0.2) is 42.0 Å². The number of carboxylic acid groups (broad SMARTS) is 1. The van der Waals surface area contributed by atoms with Gasteiger partial charge in [0.2, 0.25) is 0 Å². The zero-order valence-electron chi connectivity index (χ0n) is 18.2. The maximum absolute atomic E-state index is 11.1. The Morgan fingerprint density at radius 3 is 2.39 bits per heavy atom. The molecule has 4 nitrogen and oxygen atoms in total.